The topological polar surface area (TPSA) is 56.5 Å². The van der Waals surface area contributed by atoms with Crippen LogP contribution < -0.4 is 5.63 Å². The highest BCUT2D eigenvalue weighted by atomic mass is 19.1. The molecule has 0 aliphatic heterocycles. The van der Waals surface area contributed by atoms with Gasteiger partial charge < -0.3 is 9.15 Å². The number of fused-ring (bicyclic) bond motifs is 1. The second kappa shape index (κ2) is 7.12. The Morgan fingerprint density at radius 2 is 1.92 bits per heavy atom. The van der Waals surface area contributed by atoms with Gasteiger partial charge in [0.05, 0.1) is 5.56 Å². The smallest absolute Gasteiger partial charge is 0.341 e. The highest BCUT2D eigenvalue weighted by Crippen LogP contribution is 2.27. The second-order valence-electron chi connectivity index (χ2n) is 6.51. The molecule has 0 spiro atoms. The molecule has 0 bridgehead atoms. The number of benzene rings is 2. The minimum absolute atomic E-state index is 0.140. The summed E-state index contributed by atoms with van der Waals surface area (Å²) in [4.78, 5) is 24.0. The van der Waals surface area contributed by atoms with Crippen LogP contribution >= 0.6 is 0 Å². The van der Waals surface area contributed by atoms with Gasteiger partial charge >= 0.3 is 11.6 Å². The van der Waals surface area contributed by atoms with Gasteiger partial charge in [-0.1, -0.05) is 26.0 Å². The molecule has 1 heterocycles. The Morgan fingerprint density at radius 1 is 1.19 bits per heavy atom. The quantitative estimate of drug-likeness (QED) is 0.502. The normalized spacial score (nSPS) is 11.1. The Hall–Kier alpha value is -2.95. The van der Waals surface area contributed by atoms with Gasteiger partial charge in [0.15, 0.2) is 0 Å². The van der Waals surface area contributed by atoms with Crippen LogP contribution in [0.25, 0.3) is 11.0 Å². The van der Waals surface area contributed by atoms with Crippen molar-refractivity contribution >= 4 is 16.9 Å². The van der Waals surface area contributed by atoms with Crippen LogP contribution in [-0.2, 0) is 11.3 Å². The molecular weight excluding hydrogens is 335 g/mol. The lowest BCUT2D eigenvalue weighted by Crippen LogP contribution is -2.09. The van der Waals surface area contributed by atoms with Crippen LogP contribution in [0.4, 0.5) is 4.39 Å². The van der Waals surface area contributed by atoms with E-state index in [4.69, 9.17) is 9.15 Å². The zero-order valence-corrected chi connectivity index (χ0v) is 14.8. The molecule has 0 saturated heterocycles. The molecule has 0 saturated carbocycles. The molecule has 2 aromatic carbocycles. The third kappa shape index (κ3) is 3.52. The molecule has 1 aromatic heterocycles. The molecule has 3 rings (SSSR count). The lowest BCUT2D eigenvalue weighted by Gasteiger charge is -2.13. The van der Waals surface area contributed by atoms with Crippen molar-refractivity contribution in [2.24, 2.45) is 0 Å². The van der Waals surface area contributed by atoms with Gasteiger partial charge in [0, 0.05) is 17.0 Å². The number of aryl methyl sites for hydroxylation is 1. The summed E-state index contributed by atoms with van der Waals surface area (Å²) in [5.74, 6) is -1.13. The number of carbonyl (C=O) groups is 1. The van der Waals surface area contributed by atoms with Crippen LogP contribution in [0.1, 0.15) is 46.8 Å². The average Bonchev–Trinajstić information content (AvgIpc) is 2.58. The number of hydrogen-bond donors (Lipinski definition) is 0. The fourth-order valence-corrected chi connectivity index (χ4v) is 2.98. The lowest BCUT2D eigenvalue weighted by molar-refractivity contribution is 0.0468. The third-order valence-electron chi connectivity index (χ3n) is 4.29. The molecule has 0 N–H and O–H groups in total. The number of ether oxygens (including phenoxy) is 1. The van der Waals surface area contributed by atoms with E-state index in [0.717, 1.165) is 11.1 Å². The maximum absolute atomic E-state index is 13.7. The maximum Gasteiger partial charge on any atom is 0.341 e. The number of rotatable bonds is 4. The van der Waals surface area contributed by atoms with Crippen molar-refractivity contribution < 1.29 is 18.3 Å². The molecule has 5 heteroatoms. The summed E-state index contributed by atoms with van der Waals surface area (Å²) in [6, 6.07) is 10.7. The lowest BCUT2D eigenvalue weighted by atomic mass is 9.95. The highest BCUT2D eigenvalue weighted by molar-refractivity contribution is 5.90. The fourth-order valence-electron chi connectivity index (χ4n) is 2.98. The van der Waals surface area contributed by atoms with Crippen molar-refractivity contribution in [1.82, 2.24) is 0 Å². The summed E-state index contributed by atoms with van der Waals surface area (Å²) in [5, 5.41) is 0.709. The molecule has 3 aromatic rings. The maximum atomic E-state index is 13.7. The Labute approximate surface area is 150 Å². The molecule has 134 valence electrons. The summed E-state index contributed by atoms with van der Waals surface area (Å²) >= 11 is 0. The molecular formula is C21H19FO4. The Bertz CT molecular complexity index is 1030. The van der Waals surface area contributed by atoms with Gasteiger partial charge in [0.1, 0.15) is 18.0 Å². The van der Waals surface area contributed by atoms with E-state index in [9.17, 15) is 14.0 Å². The molecule has 0 radical (unpaired) electrons. The minimum atomic E-state index is -0.777. The summed E-state index contributed by atoms with van der Waals surface area (Å²) in [6.07, 6.45) is 0. The van der Waals surface area contributed by atoms with Gasteiger partial charge in [0.2, 0.25) is 0 Å². The zero-order valence-electron chi connectivity index (χ0n) is 14.8. The highest BCUT2D eigenvalue weighted by Gasteiger charge is 2.15. The predicted octanol–water partition coefficient (Wildman–Crippen LogP) is 4.72. The van der Waals surface area contributed by atoms with Crippen molar-refractivity contribution in [3.8, 4) is 0 Å². The molecule has 0 fully saturated rings. The van der Waals surface area contributed by atoms with E-state index in [1.807, 2.05) is 19.1 Å². The number of carbonyl (C=O) groups excluding carboxylic acids is 1. The van der Waals surface area contributed by atoms with E-state index >= 15 is 0 Å². The summed E-state index contributed by atoms with van der Waals surface area (Å²) in [7, 11) is 0. The first-order valence-corrected chi connectivity index (χ1v) is 8.35. The van der Waals surface area contributed by atoms with E-state index in [-0.39, 0.29) is 12.2 Å². The van der Waals surface area contributed by atoms with Crippen LogP contribution in [0.15, 0.2) is 51.7 Å². The first-order chi connectivity index (χ1) is 12.4. The fraction of sp³-hybridized carbons (Fsp3) is 0.238. The Kier molecular flexibility index (Phi) is 4.89. The number of halogens is 1. The molecule has 4 nitrogen and oxygen atoms in total. The van der Waals surface area contributed by atoms with Gasteiger partial charge in [0.25, 0.3) is 0 Å². The van der Waals surface area contributed by atoms with Crippen molar-refractivity contribution in [3.63, 3.8) is 0 Å². The van der Waals surface area contributed by atoms with Crippen LogP contribution in [0.2, 0.25) is 0 Å². The van der Waals surface area contributed by atoms with E-state index < -0.39 is 17.4 Å². The van der Waals surface area contributed by atoms with E-state index in [1.54, 1.807) is 6.07 Å². The zero-order chi connectivity index (χ0) is 18.8. The summed E-state index contributed by atoms with van der Waals surface area (Å²) in [6.45, 7) is 5.96. The largest absolute Gasteiger partial charge is 0.457 e. The van der Waals surface area contributed by atoms with Crippen LogP contribution in [0, 0.1) is 12.7 Å². The first-order valence-electron chi connectivity index (χ1n) is 8.35. The monoisotopic (exact) mass is 354 g/mol. The number of esters is 1. The Balaban J connectivity index is 1.97. The first kappa shape index (κ1) is 17.9. The molecule has 26 heavy (non-hydrogen) atoms. The van der Waals surface area contributed by atoms with Crippen LogP contribution in [0.5, 0.6) is 0 Å². The Morgan fingerprint density at radius 3 is 2.62 bits per heavy atom. The van der Waals surface area contributed by atoms with Gasteiger partial charge in [-0.15, -0.1) is 0 Å². The molecule has 0 amide bonds. The standard InChI is InChI=1S/C21H19FO4/c1-12(2)16-10-17-14(9-20(23)26-19(17)8-13(16)3)11-25-21(24)15-6-4-5-7-18(15)22/h4-10,12H,11H2,1-3H3. The van der Waals surface area contributed by atoms with Crippen molar-refractivity contribution in [3.05, 3.63) is 81.0 Å². The van der Waals surface area contributed by atoms with Gasteiger partial charge in [-0.25, -0.2) is 14.0 Å². The van der Waals surface area contributed by atoms with E-state index in [0.29, 0.717) is 22.5 Å². The molecule has 0 unspecified atom stereocenters. The molecule has 0 aliphatic rings. The number of hydrogen-bond acceptors (Lipinski definition) is 4. The molecule has 0 atom stereocenters. The van der Waals surface area contributed by atoms with Gasteiger partial charge in [-0.05, 0) is 48.2 Å². The third-order valence-corrected chi connectivity index (χ3v) is 4.29. The van der Waals surface area contributed by atoms with E-state index in [1.165, 1.54) is 24.3 Å². The molecule has 0 aliphatic carbocycles. The predicted molar refractivity (Wildman–Crippen MR) is 96.8 cm³/mol. The summed E-state index contributed by atoms with van der Waals surface area (Å²) < 4.78 is 24.2. The van der Waals surface area contributed by atoms with Crippen molar-refractivity contribution in [2.75, 3.05) is 0 Å². The second-order valence-corrected chi connectivity index (χ2v) is 6.51. The van der Waals surface area contributed by atoms with Crippen LogP contribution in [0.3, 0.4) is 0 Å². The van der Waals surface area contributed by atoms with Crippen molar-refractivity contribution in [1.29, 1.82) is 0 Å². The average molecular weight is 354 g/mol. The summed E-state index contributed by atoms with van der Waals surface area (Å²) in [5.41, 5.74) is 2.45. The van der Waals surface area contributed by atoms with Crippen LogP contribution in [-0.4, -0.2) is 5.97 Å². The van der Waals surface area contributed by atoms with Gasteiger partial charge in [-0.3, -0.25) is 0 Å². The van der Waals surface area contributed by atoms with Crippen molar-refractivity contribution in [2.45, 2.75) is 33.3 Å². The minimum Gasteiger partial charge on any atom is -0.457 e. The van der Waals surface area contributed by atoms with Gasteiger partial charge in [-0.2, -0.15) is 0 Å². The SMILES string of the molecule is Cc1cc2oc(=O)cc(COC(=O)c3ccccc3F)c2cc1C(C)C. The van der Waals surface area contributed by atoms with E-state index in [2.05, 4.69) is 13.8 Å².